The number of benzene rings is 1. The first-order valence-electron chi connectivity index (χ1n) is 7.58. The van der Waals surface area contributed by atoms with Crippen molar-refractivity contribution in [3.8, 4) is 0 Å². The first kappa shape index (κ1) is 14.3. The van der Waals surface area contributed by atoms with Gasteiger partial charge in [-0.3, -0.25) is 9.69 Å². The van der Waals surface area contributed by atoms with E-state index >= 15 is 0 Å². The molecule has 0 aromatic heterocycles. The second-order valence-corrected chi connectivity index (χ2v) is 6.20. The standard InChI is InChI=1S/C17H20N2OS/c1-12-7-5-6-8-13(12)11-15-16(20)19(17(21)18-15)14-9-3-2-4-10-14/h5-8,11,14H,2-4,9-10H2,1H3,(H,18,21)/b15-11+. The van der Waals surface area contributed by atoms with E-state index in [1.54, 1.807) is 4.90 Å². The molecular weight excluding hydrogens is 280 g/mol. The van der Waals surface area contributed by atoms with E-state index in [1.165, 1.54) is 19.3 Å². The van der Waals surface area contributed by atoms with Crippen molar-refractivity contribution in [1.82, 2.24) is 10.2 Å². The van der Waals surface area contributed by atoms with Gasteiger partial charge in [0.15, 0.2) is 5.11 Å². The molecule has 1 saturated carbocycles. The highest BCUT2D eigenvalue weighted by Crippen LogP contribution is 2.27. The fraction of sp³-hybridized carbons (Fsp3) is 0.412. The van der Waals surface area contributed by atoms with E-state index in [9.17, 15) is 4.79 Å². The largest absolute Gasteiger partial charge is 0.328 e. The summed E-state index contributed by atoms with van der Waals surface area (Å²) >= 11 is 5.38. The minimum atomic E-state index is 0.0233. The minimum absolute atomic E-state index is 0.0233. The van der Waals surface area contributed by atoms with Gasteiger partial charge in [-0.2, -0.15) is 0 Å². The lowest BCUT2D eigenvalue weighted by Gasteiger charge is -2.29. The maximum absolute atomic E-state index is 12.6. The van der Waals surface area contributed by atoms with Crippen molar-refractivity contribution in [1.29, 1.82) is 0 Å². The van der Waals surface area contributed by atoms with Gasteiger partial charge < -0.3 is 5.32 Å². The minimum Gasteiger partial charge on any atom is -0.328 e. The van der Waals surface area contributed by atoms with Gasteiger partial charge >= 0.3 is 0 Å². The van der Waals surface area contributed by atoms with Crippen LogP contribution in [-0.2, 0) is 4.79 Å². The number of amides is 1. The van der Waals surface area contributed by atoms with E-state index < -0.39 is 0 Å². The molecule has 1 heterocycles. The average Bonchev–Trinajstić information content (AvgIpc) is 2.77. The molecule has 2 aliphatic rings. The molecule has 3 nitrogen and oxygen atoms in total. The molecule has 0 atom stereocenters. The molecule has 21 heavy (non-hydrogen) atoms. The lowest BCUT2D eigenvalue weighted by Crippen LogP contribution is -2.41. The summed E-state index contributed by atoms with van der Waals surface area (Å²) in [4.78, 5) is 14.4. The van der Waals surface area contributed by atoms with Gasteiger partial charge in [-0.15, -0.1) is 0 Å². The molecule has 1 aliphatic heterocycles. The van der Waals surface area contributed by atoms with E-state index in [4.69, 9.17) is 12.2 Å². The number of nitrogens with one attached hydrogen (secondary N) is 1. The van der Waals surface area contributed by atoms with Gasteiger partial charge in [-0.1, -0.05) is 43.5 Å². The number of hydrogen-bond donors (Lipinski definition) is 1. The maximum atomic E-state index is 12.6. The monoisotopic (exact) mass is 300 g/mol. The molecule has 0 radical (unpaired) electrons. The van der Waals surface area contributed by atoms with Gasteiger partial charge in [-0.25, -0.2) is 0 Å². The molecule has 1 N–H and O–H groups in total. The Kier molecular flexibility index (Phi) is 4.06. The summed E-state index contributed by atoms with van der Waals surface area (Å²) < 4.78 is 0. The number of aryl methyl sites for hydroxylation is 1. The van der Waals surface area contributed by atoms with Crippen molar-refractivity contribution in [2.24, 2.45) is 0 Å². The van der Waals surface area contributed by atoms with E-state index in [0.717, 1.165) is 24.0 Å². The summed E-state index contributed by atoms with van der Waals surface area (Å²) in [6.07, 6.45) is 7.68. The molecule has 1 aromatic rings. The third kappa shape index (κ3) is 2.86. The molecular formula is C17H20N2OS. The number of nitrogens with zero attached hydrogens (tertiary/aromatic N) is 1. The van der Waals surface area contributed by atoms with Gasteiger partial charge in [0, 0.05) is 6.04 Å². The van der Waals surface area contributed by atoms with Gasteiger partial charge in [0.05, 0.1) is 0 Å². The zero-order valence-electron chi connectivity index (χ0n) is 12.3. The van der Waals surface area contributed by atoms with Gasteiger partial charge in [0.25, 0.3) is 5.91 Å². The number of carbonyl (C=O) groups is 1. The van der Waals surface area contributed by atoms with Crippen LogP contribution in [0, 0.1) is 6.92 Å². The van der Waals surface area contributed by atoms with Crippen molar-refractivity contribution < 1.29 is 4.79 Å². The van der Waals surface area contributed by atoms with Gasteiger partial charge in [0.1, 0.15) is 5.70 Å². The molecule has 2 fully saturated rings. The summed E-state index contributed by atoms with van der Waals surface area (Å²) in [5.41, 5.74) is 2.81. The highest BCUT2D eigenvalue weighted by molar-refractivity contribution is 7.80. The predicted octanol–water partition coefficient (Wildman–Crippen LogP) is 3.39. The number of thiocarbonyl (C=S) groups is 1. The highest BCUT2D eigenvalue weighted by atomic mass is 32.1. The van der Waals surface area contributed by atoms with Gasteiger partial charge in [-0.05, 0) is 49.2 Å². The molecule has 0 bridgehead atoms. The first-order valence-corrected chi connectivity index (χ1v) is 7.99. The summed E-state index contributed by atoms with van der Waals surface area (Å²) in [7, 11) is 0. The molecule has 3 rings (SSSR count). The van der Waals surface area contributed by atoms with E-state index in [-0.39, 0.29) is 11.9 Å². The zero-order valence-corrected chi connectivity index (χ0v) is 13.1. The van der Waals surface area contributed by atoms with Crippen LogP contribution in [0.25, 0.3) is 6.08 Å². The molecule has 0 unspecified atom stereocenters. The Hall–Kier alpha value is -1.68. The quantitative estimate of drug-likeness (QED) is 0.671. The van der Waals surface area contributed by atoms with Crippen LogP contribution in [0.5, 0.6) is 0 Å². The van der Waals surface area contributed by atoms with Crippen LogP contribution in [0.4, 0.5) is 0 Å². The van der Waals surface area contributed by atoms with Gasteiger partial charge in [0.2, 0.25) is 0 Å². The lowest BCUT2D eigenvalue weighted by molar-refractivity contribution is -0.124. The Balaban J connectivity index is 1.84. The number of rotatable bonds is 2. The van der Waals surface area contributed by atoms with Crippen LogP contribution in [-0.4, -0.2) is 22.0 Å². The van der Waals surface area contributed by atoms with Crippen LogP contribution in [0.15, 0.2) is 30.0 Å². The molecule has 4 heteroatoms. The smallest absolute Gasteiger partial charge is 0.276 e. The number of hydrogen-bond acceptors (Lipinski definition) is 2. The summed E-state index contributed by atoms with van der Waals surface area (Å²) in [6.45, 7) is 2.04. The van der Waals surface area contributed by atoms with Crippen molar-refractivity contribution in [3.05, 3.63) is 41.1 Å². The van der Waals surface area contributed by atoms with E-state index in [2.05, 4.69) is 5.32 Å². The van der Waals surface area contributed by atoms with E-state index in [1.807, 2.05) is 37.3 Å². The van der Waals surface area contributed by atoms with Crippen molar-refractivity contribution in [3.63, 3.8) is 0 Å². The Bertz CT molecular complexity index is 603. The lowest BCUT2D eigenvalue weighted by atomic mass is 9.94. The fourth-order valence-corrected chi connectivity index (χ4v) is 3.47. The summed E-state index contributed by atoms with van der Waals surface area (Å²) in [6, 6.07) is 8.32. The topological polar surface area (TPSA) is 32.3 Å². The molecule has 1 amide bonds. The molecule has 1 aliphatic carbocycles. The molecule has 1 aromatic carbocycles. The van der Waals surface area contributed by atoms with Crippen LogP contribution in [0.2, 0.25) is 0 Å². The van der Waals surface area contributed by atoms with Crippen molar-refractivity contribution >= 4 is 29.3 Å². The third-order valence-corrected chi connectivity index (χ3v) is 4.64. The second kappa shape index (κ2) is 5.98. The average molecular weight is 300 g/mol. The van der Waals surface area contributed by atoms with Crippen LogP contribution in [0.3, 0.4) is 0 Å². The highest BCUT2D eigenvalue weighted by Gasteiger charge is 2.36. The van der Waals surface area contributed by atoms with E-state index in [0.29, 0.717) is 10.8 Å². The predicted molar refractivity (Wildman–Crippen MR) is 88.6 cm³/mol. The first-order chi connectivity index (χ1) is 10.2. The third-order valence-electron chi connectivity index (χ3n) is 4.34. The summed E-state index contributed by atoms with van der Waals surface area (Å²) in [5, 5.41) is 3.66. The Morgan fingerprint density at radius 2 is 1.95 bits per heavy atom. The van der Waals surface area contributed by atoms with Crippen LogP contribution < -0.4 is 5.32 Å². The Morgan fingerprint density at radius 3 is 2.67 bits per heavy atom. The van der Waals surface area contributed by atoms with Crippen molar-refractivity contribution in [2.45, 2.75) is 45.1 Å². The summed E-state index contributed by atoms with van der Waals surface area (Å²) in [5.74, 6) is 0.0233. The fourth-order valence-electron chi connectivity index (χ4n) is 3.12. The van der Waals surface area contributed by atoms with Crippen LogP contribution >= 0.6 is 12.2 Å². The Morgan fingerprint density at radius 1 is 1.24 bits per heavy atom. The SMILES string of the molecule is Cc1ccccc1/C=C1/NC(=S)N(C2CCCCC2)C1=O. The zero-order chi connectivity index (χ0) is 14.8. The molecule has 1 saturated heterocycles. The normalized spacial score (nSPS) is 22.0. The second-order valence-electron chi connectivity index (χ2n) is 5.81. The number of carbonyl (C=O) groups excluding carboxylic acids is 1. The van der Waals surface area contributed by atoms with Crippen molar-refractivity contribution in [2.75, 3.05) is 0 Å². The maximum Gasteiger partial charge on any atom is 0.276 e. The Labute approximate surface area is 131 Å². The molecule has 0 spiro atoms. The molecule has 110 valence electrons. The van der Waals surface area contributed by atoms with Crippen LogP contribution in [0.1, 0.15) is 43.2 Å².